The average molecular weight is 434 g/mol. The van der Waals surface area contributed by atoms with Gasteiger partial charge in [0.05, 0.1) is 18.8 Å². The van der Waals surface area contributed by atoms with Crippen LogP contribution in [0.15, 0.2) is 36.7 Å². The Morgan fingerprint density at radius 1 is 1.28 bits per heavy atom. The van der Waals surface area contributed by atoms with Crippen LogP contribution in [0.2, 0.25) is 0 Å². The topological polar surface area (TPSA) is 82.1 Å². The molecule has 4 heterocycles. The highest BCUT2D eigenvalue weighted by atomic mass is 16.2. The monoisotopic (exact) mass is 433 g/mol. The highest BCUT2D eigenvalue weighted by Crippen LogP contribution is 2.31. The molecule has 0 radical (unpaired) electrons. The number of hydrogen-bond acceptors (Lipinski definition) is 4. The van der Waals surface area contributed by atoms with E-state index in [1.807, 2.05) is 22.0 Å². The molecule has 0 saturated carbocycles. The van der Waals surface area contributed by atoms with Crippen LogP contribution in [0.3, 0.4) is 0 Å². The molecule has 168 valence electrons. The lowest BCUT2D eigenvalue weighted by Gasteiger charge is -2.30. The van der Waals surface area contributed by atoms with E-state index in [9.17, 15) is 4.79 Å². The fourth-order valence-corrected chi connectivity index (χ4v) is 5.08. The third kappa shape index (κ3) is 3.79. The van der Waals surface area contributed by atoms with Crippen LogP contribution in [-0.2, 0) is 19.5 Å². The average Bonchev–Trinajstić information content (AvgIpc) is 3.51. The van der Waals surface area contributed by atoms with Crippen LogP contribution in [0, 0.1) is 6.92 Å². The van der Waals surface area contributed by atoms with E-state index in [0.717, 1.165) is 48.6 Å². The normalized spacial score (nSPS) is 21.0. The second-order valence-corrected chi connectivity index (χ2v) is 9.03. The summed E-state index contributed by atoms with van der Waals surface area (Å²) in [6.07, 6.45) is 4.64. The van der Waals surface area contributed by atoms with Crippen molar-refractivity contribution in [2.45, 2.75) is 45.3 Å². The fraction of sp³-hybridized carbons (Fsp3) is 0.458. The standard InChI is InChI=1S/C24H31N7O/c1-4-31-12-17(11-25-31)23-20-14-30(10-9-21(20)27-28-23)24(32)26-22-15-29(3)13-19(22)18-8-6-5-7-16(18)2/h5-8,11-12,19,22H,4,9-10,13-15H2,1-3H3,(H,26,32)(H,27,28)/t19-,22+/m0/s1. The largest absolute Gasteiger partial charge is 0.333 e. The molecule has 5 rings (SSSR count). The number of amides is 2. The minimum Gasteiger partial charge on any atom is -0.333 e. The highest BCUT2D eigenvalue weighted by molar-refractivity contribution is 5.76. The van der Waals surface area contributed by atoms with Crippen molar-refractivity contribution in [3.63, 3.8) is 0 Å². The van der Waals surface area contributed by atoms with E-state index in [-0.39, 0.29) is 12.1 Å². The molecule has 2 aliphatic rings. The van der Waals surface area contributed by atoms with Crippen molar-refractivity contribution in [3.8, 4) is 11.3 Å². The SMILES string of the molecule is CCn1cc(-c2n[nH]c3c2CN(C(=O)N[C@@H]2CN(C)C[C@H]2c2ccccc2C)CC3)cn1. The Labute approximate surface area is 188 Å². The van der Waals surface area contributed by atoms with Gasteiger partial charge in [0, 0.05) is 61.5 Å². The quantitative estimate of drug-likeness (QED) is 0.663. The van der Waals surface area contributed by atoms with E-state index in [0.29, 0.717) is 19.0 Å². The van der Waals surface area contributed by atoms with Crippen molar-refractivity contribution in [3.05, 3.63) is 59.0 Å². The highest BCUT2D eigenvalue weighted by Gasteiger charge is 2.35. The van der Waals surface area contributed by atoms with E-state index in [2.05, 4.69) is 70.7 Å². The van der Waals surface area contributed by atoms with Gasteiger partial charge in [-0.05, 0) is 32.0 Å². The van der Waals surface area contributed by atoms with Crippen LogP contribution in [0.1, 0.15) is 35.2 Å². The van der Waals surface area contributed by atoms with Crippen LogP contribution in [-0.4, -0.2) is 68.5 Å². The lowest BCUT2D eigenvalue weighted by Crippen LogP contribution is -2.48. The Kier molecular flexibility index (Phi) is 5.46. The number of carbonyl (C=O) groups is 1. The Hall–Kier alpha value is -3.13. The Morgan fingerprint density at radius 3 is 2.91 bits per heavy atom. The van der Waals surface area contributed by atoms with Gasteiger partial charge in [-0.3, -0.25) is 9.78 Å². The number of benzene rings is 1. The maximum atomic E-state index is 13.3. The fourth-order valence-electron chi connectivity index (χ4n) is 5.08. The molecule has 0 unspecified atom stereocenters. The number of urea groups is 1. The number of hydrogen-bond donors (Lipinski definition) is 2. The summed E-state index contributed by atoms with van der Waals surface area (Å²) in [5, 5.41) is 15.4. The Morgan fingerprint density at radius 2 is 2.12 bits per heavy atom. The van der Waals surface area contributed by atoms with Crippen molar-refractivity contribution in [1.82, 2.24) is 35.1 Å². The molecule has 0 spiro atoms. The molecule has 1 saturated heterocycles. The molecule has 0 aliphatic carbocycles. The Balaban J connectivity index is 1.32. The third-order valence-electron chi connectivity index (χ3n) is 6.85. The third-order valence-corrected chi connectivity index (χ3v) is 6.85. The number of nitrogens with one attached hydrogen (secondary N) is 2. The van der Waals surface area contributed by atoms with Crippen LogP contribution in [0.25, 0.3) is 11.3 Å². The van der Waals surface area contributed by atoms with Crippen LogP contribution < -0.4 is 5.32 Å². The second-order valence-electron chi connectivity index (χ2n) is 9.03. The number of H-pyrrole nitrogens is 1. The first-order chi connectivity index (χ1) is 15.5. The molecule has 2 aliphatic heterocycles. The molecule has 1 aromatic carbocycles. The molecule has 3 aromatic rings. The smallest absolute Gasteiger partial charge is 0.317 e. The number of aromatic amines is 1. The summed E-state index contributed by atoms with van der Waals surface area (Å²) in [6, 6.07) is 8.61. The van der Waals surface area contributed by atoms with Gasteiger partial charge in [0.1, 0.15) is 5.69 Å². The number of aromatic nitrogens is 4. The van der Waals surface area contributed by atoms with E-state index in [1.54, 1.807) is 0 Å². The summed E-state index contributed by atoms with van der Waals surface area (Å²) in [5.41, 5.74) is 6.71. The van der Waals surface area contributed by atoms with Gasteiger partial charge in [-0.15, -0.1) is 0 Å². The van der Waals surface area contributed by atoms with Crippen molar-refractivity contribution < 1.29 is 4.79 Å². The van der Waals surface area contributed by atoms with Crippen LogP contribution in [0.5, 0.6) is 0 Å². The molecule has 8 heteroatoms. The number of aryl methyl sites for hydroxylation is 2. The summed E-state index contributed by atoms with van der Waals surface area (Å²) in [4.78, 5) is 17.5. The predicted octanol–water partition coefficient (Wildman–Crippen LogP) is 2.77. The van der Waals surface area contributed by atoms with Gasteiger partial charge < -0.3 is 15.1 Å². The first-order valence-electron chi connectivity index (χ1n) is 11.4. The van der Waals surface area contributed by atoms with Crippen LogP contribution >= 0.6 is 0 Å². The van der Waals surface area contributed by atoms with Crippen molar-refractivity contribution >= 4 is 6.03 Å². The molecule has 2 amide bonds. The van der Waals surface area contributed by atoms with E-state index >= 15 is 0 Å². The molecule has 2 atom stereocenters. The molecular weight excluding hydrogens is 402 g/mol. The number of carbonyl (C=O) groups excluding carboxylic acids is 1. The zero-order valence-electron chi connectivity index (χ0n) is 19.0. The van der Waals surface area contributed by atoms with Gasteiger partial charge >= 0.3 is 6.03 Å². The molecule has 8 nitrogen and oxygen atoms in total. The molecular formula is C24H31N7O. The zero-order valence-corrected chi connectivity index (χ0v) is 19.0. The van der Waals surface area contributed by atoms with Crippen molar-refractivity contribution in [2.24, 2.45) is 0 Å². The lowest BCUT2D eigenvalue weighted by molar-refractivity contribution is 0.187. The van der Waals surface area contributed by atoms with Gasteiger partial charge in [0.2, 0.25) is 0 Å². The number of rotatable bonds is 4. The molecule has 32 heavy (non-hydrogen) atoms. The summed E-state index contributed by atoms with van der Waals surface area (Å²) < 4.78 is 1.89. The van der Waals surface area contributed by atoms with Gasteiger partial charge in [0.15, 0.2) is 0 Å². The van der Waals surface area contributed by atoms with Crippen molar-refractivity contribution in [1.29, 1.82) is 0 Å². The molecule has 2 N–H and O–H groups in total. The second kappa shape index (κ2) is 8.43. The molecule has 2 aromatic heterocycles. The maximum absolute atomic E-state index is 13.3. The van der Waals surface area contributed by atoms with Gasteiger partial charge in [-0.2, -0.15) is 10.2 Å². The van der Waals surface area contributed by atoms with Gasteiger partial charge in [0.25, 0.3) is 0 Å². The number of nitrogens with zero attached hydrogens (tertiary/aromatic N) is 5. The van der Waals surface area contributed by atoms with Crippen molar-refractivity contribution in [2.75, 3.05) is 26.7 Å². The van der Waals surface area contributed by atoms with E-state index in [4.69, 9.17) is 0 Å². The summed E-state index contributed by atoms with van der Waals surface area (Å²) in [6.45, 7) is 8.09. The summed E-state index contributed by atoms with van der Waals surface area (Å²) in [5.74, 6) is 0.301. The predicted molar refractivity (Wildman–Crippen MR) is 123 cm³/mol. The Bertz CT molecular complexity index is 1120. The number of fused-ring (bicyclic) bond motifs is 1. The maximum Gasteiger partial charge on any atom is 0.317 e. The summed E-state index contributed by atoms with van der Waals surface area (Å²) in [7, 11) is 2.12. The number of likely N-dealkylation sites (tertiary alicyclic amines) is 1. The van der Waals surface area contributed by atoms with E-state index in [1.165, 1.54) is 11.1 Å². The summed E-state index contributed by atoms with van der Waals surface area (Å²) >= 11 is 0. The molecule has 0 bridgehead atoms. The minimum atomic E-state index is 0.00550. The van der Waals surface area contributed by atoms with Gasteiger partial charge in [-0.1, -0.05) is 24.3 Å². The minimum absolute atomic E-state index is 0.00550. The lowest BCUT2D eigenvalue weighted by atomic mass is 9.91. The van der Waals surface area contributed by atoms with E-state index < -0.39 is 0 Å². The number of likely N-dealkylation sites (N-methyl/N-ethyl adjacent to an activating group) is 1. The first-order valence-corrected chi connectivity index (χ1v) is 11.4. The molecule has 1 fully saturated rings. The zero-order chi connectivity index (χ0) is 22.2. The van der Waals surface area contributed by atoms with Crippen LogP contribution in [0.4, 0.5) is 4.79 Å². The van der Waals surface area contributed by atoms with Gasteiger partial charge in [-0.25, -0.2) is 4.79 Å². The first kappa shape index (κ1) is 20.8.